The van der Waals surface area contributed by atoms with Gasteiger partial charge in [-0.05, 0) is 61.5 Å². The number of rotatable bonds is 7. The van der Waals surface area contributed by atoms with Crippen LogP contribution in [0.5, 0.6) is 5.88 Å². The van der Waals surface area contributed by atoms with Crippen LogP contribution in [0.15, 0.2) is 48.7 Å². The van der Waals surface area contributed by atoms with E-state index in [2.05, 4.69) is 20.3 Å². The summed E-state index contributed by atoms with van der Waals surface area (Å²) >= 11 is 0. The summed E-state index contributed by atoms with van der Waals surface area (Å²) in [5.74, 6) is -1.89. The molecule has 0 bridgehead atoms. The molecule has 270 valence electrons. The van der Waals surface area contributed by atoms with E-state index in [1.165, 1.54) is 4.90 Å². The molecule has 1 aromatic carbocycles. The molecule has 2 aliphatic carbocycles. The number of benzene rings is 1. The van der Waals surface area contributed by atoms with Crippen molar-refractivity contribution in [3.63, 3.8) is 0 Å². The summed E-state index contributed by atoms with van der Waals surface area (Å²) in [6.07, 6.45) is 8.64. The highest BCUT2D eigenvalue weighted by Gasteiger charge is 2.62. The van der Waals surface area contributed by atoms with Gasteiger partial charge in [0.2, 0.25) is 27.7 Å². The third kappa shape index (κ3) is 8.22. The van der Waals surface area contributed by atoms with Gasteiger partial charge in [0, 0.05) is 23.9 Å². The molecule has 2 aromatic rings. The maximum atomic E-state index is 14.4. The number of nitrogens with one attached hydrogen (secondary N) is 3. The zero-order valence-corrected chi connectivity index (χ0v) is 29.7. The van der Waals surface area contributed by atoms with Crippen molar-refractivity contribution in [2.24, 2.45) is 11.3 Å². The monoisotopic (exact) mass is 709 g/mol. The molecule has 13 nitrogen and oxygen atoms in total. The van der Waals surface area contributed by atoms with Crippen LogP contribution >= 0.6 is 0 Å². The van der Waals surface area contributed by atoms with Crippen LogP contribution in [-0.4, -0.2) is 84.2 Å². The summed E-state index contributed by atoms with van der Waals surface area (Å²) < 4.78 is 39.6. The van der Waals surface area contributed by atoms with Crippen LogP contribution < -0.4 is 20.1 Å². The van der Waals surface area contributed by atoms with Gasteiger partial charge in [-0.25, -0.2) is 18.2 Å². The van der Waals surface area contributed by atoms with Gasteiger partial charge < -0.3 is 25.0 Å². The van der Waals surface area contributed by atoms with Gasteiger partial charge in [0.25, 0.3) is 5.91 Å². The molecule has 5 unspecified atom stereocenters. The summed E-state index contributed by atoms with van der Waals surface area (Å²) in [6, 6.07) is 7.41. The predicted molar refractivity (Wildman–Crippen MR) is 185 cm³/mol. The molecule has 0 spiro atoms. The van der Waals surface area contributed by atoms with E-state index in [1.54, 1.807) is 6.20 Å². The maximum Gasteiger partial charge on any atom is 0.407 e. The number of ether oxygens (including phenoxy) is 2. The fourth-order valence-electron chi connectivity index (χ4n) is 6.66. The molecule has 6 rings (SSSR count). The third-order valence-corrected chi connectivity index (χ3v) is 11.5. The number of amides is 4. The van der Waals surface area contributed by atoms with Crippen LogP contribution in [0.2, 0.25) is 0 Å². The second kappa shape index (κ2) is 14.2. The molecule has 0 radical (unpaired) electrons. The number of hydrogen-bond acceptors (Lipinski definition) is 9. The summed E-state index contributed by atoms with van der Waals surface area (Å²) in [6.45, 7) is 5.97. The summed E-state index contributed by atoms with van der Waals surface area (Å²) in [4.78, 5) is 61.0. The lowest BCUT2D eigenvalue weighted by atomic mass is 9.99. The number of carbonyl (C=O) groups excluding carboxylic acids is 4. The summed E-state index contributed by atoms with van der Waals surface area (Å²) in [5, 5.41) is 6.70. The molecule has 1 aromatic heterocycles. The standard InChI is InChI=1S/C36H47N5O8S/c1-35(2,3)22-48-34(45)38-28-14-8-6-4-5-7-12-24-20-36(24,33(44)40-50(46,47)26-15-16-26)39-30(42)29-19-25(21-41(29)32(28)43)49-31-27-13-10-9-11-23(27)17-18-37-31/h7,9-13,17-18,24-26,28-29H,4-6,8,14-16,19-22H2,1-3H3,(H,38,45)(H,39,42)(H,40,44)/b12-7-. The van der Waals surface area contributed by atoms with Crippen molar-refractivity contribution in [1.82, 2.24) is 25.2 Å². The molecule has 4 aliphatic rings. The van der Waals surface area contributed by atoms with Crippen molar-refractivity contribution >= 4 is 44.6 Å². The Morgan fingerprint density at radius 2 is 1.86 bits per heavy atom. The number of pyridine rings is 1. The molecule has 5 atom stereocenters. The first-order valence-corrected chi connectivity index (χ1v) is 19.1. The first-order chi connectivity index (χ1) is 23.8. The predicted octanol–water partition coefficient (Wildman–Crippen LogP) is 3.73. The lowest BCUT2D eigenvalue weighted by molar-refractivity contribution is -0.141. The first kappa shape index (κ1) is 35.6. The van der Waals surface area contributed by atoms with E-state index in [1.807, 2.05) is 63.3 Å². The Morgan fingerprint density at radius 3 is 2.62 bits per heavy atom. The minimum Gasteiger partial charge on any atom is -0.472 e. The smallest absolute Gasteiger partial charge is 0.407 e. The van der Waals surface area contributed by atoms with Crippen molar-refractivity contribution in [2.75, 3.05) is 13.2 Å². The van der Waals surface area contributed by atoms with E-state index in [9.17, 15) is 27.6 Å². The number of alkyl carbamates (subject to hydrolysis) is 1. The third-order valence-electron chi connectivity index (χ3n) is 9.69. The molecular formula is C36H47N5O8S. The Bertz CT molecular complexity index is 1770. The second-order valence-electron chi connectivity index (χ2n) is 15.2. The Labute approximate surface area is 293 Å². The number of aromatic nitrogens is 1. The molecule has 50 heavy (non-hydrogen) atoms. The van der Waals surface area contributed by atoms with Crippen LogP contribution in [0.3, 0.4) is 0 Å². The minimum atomic E-state index is -3.87. The maximum absolute atomic E-state index is 14.4. The quantitative estimate of drug-likeness (QED) is 0.362. The Hall–Kier alpha value is -4.20. The van der Waals surface area contributed by atoms with Crippen LogP contribution in [0.1, 0.15) is 78.6 Å². The van der Waals surface area contributed by atoms with Crippen molar-refractivity contribution in [2.45, 2.75) is 108 Å². The van der Waals surface area contributed by atoms with Crippen molar-refractivity contribution in [3.8, 4) is 5.88 Å². The van der Waals surface area contributed by atoms with E-state index < -0.39 is 68.7 Å². The Balaban J connectivity index is 1.29. The van der Waals surface area contributed by atoms with E-state index in [4.69, 9.17) is 9.47 Å². The highest BCUT2D eigenvalue weighted by molar-refractivity contribution is 7.91. The van der Waals surface area contributed by atoms with Crippen LogP contribution in [0.25, 0.3) is 10.8 Å². The lowest BCUT2D eigenvalue weighted by Crippen LogP contribution is -2.58. The van der Waals surface area contributed by atoms with Crippen molar-refractivity contribution in [3.05, 3.63) is 48.7 Å². The summed E-state index contributed by atoms with van der Waals surface area (Å²) in [7, 11) is -3.87. The van der Waals surface area contributed by atoms with Gasteiger partial charge in [0.1, 0.15) is 23.7 Å². The van der Waals surface area contributed by atoms with Crippen LogP contribution in [0.4, 0.5) is 4.79 Å². The number of hydrogen-bond donors (Lipinski definition) is 3. The van der Waals surface area contributed by atoms with Gasteiger partial charge in [0.15, 0.2) is 0 Å². The van der Waals surface area contributed by atoms with Crippen molar-refractivity contribution < 1.29 is 37.1 Å². The molecule has 4 amide bonds. The first-order valence-electron chi connectivity index (χ1n) is 17.5. The lowest BCUT2D eigenvalue weighted by Gasteiger charge is -2.30. The topological polar surface area (TPSA) is 173 Å². The zero-order valence-electron chi connectivity index (χ0n) is 28.9. The average Bonchev–Trinajstić information content (AvgIpc) is 3.99. The molecule has 1 saturated heterocycles. The van der Waals surface area contributed by atoms with Gasteiger partial charge >= 0.3 is 6.09 Å². The molecule has 2 saturated carbocycles. The molecule has 3 fully saturated rings. The number of nitrogens with zero attached hydrogens (tertiary/aromatic N) is 2. The normalized spacial score (nSPS) is 28.3. The van der Waals surface area contributed by atoms with E-state index in [0.29, 0.717) is 38.0 Å². The second-order valence-corrected chi connectivity index (χ2v) is 17.1. The van der Waals surface area contributed by atoms with Gasteiger partial charge in [-0.3, -0.25) is 19.1 Å². The molecule has 2 aliphatic heterocycles. The Morgan fingerprint density at radius 1 is 1.08 bits per heavy atom. The SMILES string of the molecule is CC(C)(C)COC(=O)NC1CCCCC/C=C\C2CC2(C(=O)NS(=O)(=O)C2CC2)NC(=O)C2CC(Oc3nccc4ccccc34)CN2C1=O. The Kier molecular flexibility index (Phi) is 10.1. The fraction of sp³-hybridized carbons (Fsp3) is 0.583. The van der Waals surface area contributed by atoms with E-state index in [-0.39, 0.29) is 31.4 Å². The van der Waals surface area contributed by atoms with E-state index >= 15 is 0 Å². The number of carbonyl (C=O) groups is 4. The highest BCUT2D eigenvalue weighted by atomic mass is 32.2. The zero-order chi connectivity index (χ0) is 35.7. The number of fused-ring (bicyclic) bond motifs is 3. The fourth-order valence-corrected chi connectivity index (χ4v) is 8.02. The number of sulfonamides is 1. The van der Waals surface area contributed by atoms with Gasteiger partial charge in [-0.15, -0.1) is 0 Å². The molecule has 14 heteroatoms. The number of allylic oxidation sites excluding steroid dienone is 1. The summed E-state index contributed by atoms with van der Waals surface area (Å²) in [5.41, 5.74) is -1.76. The van der Waals surface area contributed by atoms with Crippen molar-refractivity contribution in [1.29, 1.82) is 0 Å². The van der Waals surface area contributed by atoms with E-state index in [0.717, 1.165) is 23.6 Å². The van der Waals surface area contributed by atoms with Gasteiger partial charge in [-0.2, -0.15) is 0 Å². The molecule has 3 heterocycles. The van der Waals surface area contributed by atoms with Crippen LogP contribution in [-0.2, 0) is 29.1 Å². The highest BCUT2D eigenvalue weighted by Crippen LogP contribution is 2.46. The average molecular weight is 710 g/mol. The van der Waals surface area contributed by atoms with Crippen LogP contribution in [0, 0.1) is 11.3 Å². The minimum absolute atomic E-state index is 0.0234. The van der Waals surface area contributed by atoms with Gasteiger partial charge in [0.05, 0.1) is 18.4 Å². The largest absolute Gasteiger partial charge is 0.472 e. The molecular weight excluding hydrogens is 662 g/mol. The van der Waals surface area contributed by atoms with Gasteiger partial charge in [-0.1, -0.05) is 64.0 Å². The molecule has 3 N–H and O–H groups in total.